The van der Waals surface area contributed by atoms with Crippen LogP contribution in [0.4, 0.5) is 0 Å². The van der Waals surface area contributed by atoms with Crippen LogP contribution in [0.2, 0.25) is 0 Å². The molecule has 3 nitrogen and oxygen atoms in total. The maximum Gasteiger partial charge on any atom is 0.188 e. The van der Waals surface area contributed by atoms with Gasteiger partial charge < -0.3 is 10.6 Å². The molecule has 1 rings (SSSR count). The van der Waals surface area contributed by atoms with Crippen molar-refractivity contribution in [2.24, 2.45) is 11.7 Å². The molecule has 10 heavy (non-hydrogen) atoms. The first kappa shape index (κ1) is 7.38. The second-order valence-corrected chi connectivity index (χ2v) is 3.23. The average Bonchev–Trinajstić information content (AvgIpc) is 2.10. The number of nitrogens with two attached hydrogens (primary N) is 1. The maximum absolute atomic E-state index is 7.22. The maximum atomic E-state index is 7.22. The third-order valence-electron chi connectivity index (χ3n) is 2.09. The van der Waals surface area contributed by atoms with E-state index in [1.54, 1.807) is 0 Å². The van der Waals surface area contributed by atoms with Crippen LogP contribution in [-0.4, -0.2) is 23.4 Å². The quantitative estimate of drug-likeness (QED) is 0.383. The molecular weight excluding hydrogens is 126 g/mol. The Labute approximate surface area is 61.7 Å². The van der Waals surface area contributed by atoms with Crippen molar-refractivity contribution in [3.63, 3.8) is 0 Å². The largest absolute Gasteiger partial charge is 0.370 e. The zero-order valence-electron chi connectivity index (χ0n) is 6.59. The highest BCUT2D eigenvalue weighted by Gasteiger charge is 2.26. The fourth-order valence-corrected chi connectivity index (χ4v) is 1.64. The second kappa shape index (κ2) is 2.48. The minimum atomic E-state index is 0.219. The summed E-state index contributed by atoms with van der Waals surface area (Å²) in [5.74, 6) is 0.913. The number of hydrogen-bond acceptors (Lipinski definition) is 1. The Hall–Kier alpha value is -0.730. The zero-order chi connectivity index (χ0) is 7.72. The van der Waals surface area contributed by atoms with Crippen molar-refractivity contribution < 1.29 is 0 Å². The Bertz CT molecular complexity index is 144. The number of nitrogens with zero attached hydrogens (tertiary/aromatic N) is 1. The molecule has 0 saturated carbocycles. The molecular formula is C7H15N3. The van der Waals surface area contributed by atoms with Crippen LogP contribution in [0.25, 0.3) is 0 Å². The van der Waals surface area contributed by atoms with E-state index in [0.717, 1.165) is 6.54 Å². The molecule has 2 atom stereocenters. The molecule has 2 unspecified atom stereocenters. The van der Waals surface area contributed by atoms with Crippen molar-refractivity contribution in [1.82, 2.24) is 4.90 Å². The minimum Gasteiger partial charge on any atom is -0.370 e. The molecule has 0 radical (unpaired) electrons. The first-order chi connectivity index (χ1) is 4.61. The summed E-state index contributed by atoms with van der Waals surface area (Å²) in [6.45, 7) is 5.26. The summed E-state index contributed by atoms with van der Waals surface area (Å²) in [6.07, 6.45) is 1.17. The summed E-state index contributed by atoms with van der Waals surface area (Å²) in [7, 11) is 0. The smallest absolute Gasteiger partial charge is 0.188 e. The lowest BCUT2D eigenvalue weighted by Crippen LogP contribution is -2.38. The average molecular weight is 141 g/mol. The van der Waals surface area contributed by atoms with Gasteiger partial charge in [0.25, 0.3) is 0 Å². The van der Waals surface area contributed by atoms with E-state index < -0.39 is 0 Å². The van der Waals surface area contributed by atoms with E-state index >= 15 is 0 Å². The molecule has 0 aromatic heterocycles. The van der Waals surface area contributed by atoms with Gasteiger partial charge in [-0.15, -0.1) is 0 Å². The van der Waals surface area contributed by atoms with E-state index in [0.29, 0.717) is 12.0 Å². The number of likely N-dealkylation sites (tertiary alicyclic amines) is 1. The van der Waals surface area contributed by atoms with Crippen LogP contribution < -0.4 is 5.73 Å². The molecule has 1 aliphatic heterocycles. The van der Waals surface area contributed by atoms with Gasteiger partial charge in [-0.1, -0.05) is 6.92 Å². The molecule has 1 saturated heterocycles. The van der Waals surface area contributed by atoms with Crippen LogP contribution in [-0.2, 0) is 0 Å². The lowest BCUT2D eigenvalue weighted by atomic mass is 10.1. The SMILES string of the molecule is CC1CC(C)N(C(=N)N)C1. The predicted octanol–water partition coefficient (Wildman–Crippen LogP) is 0.610. The van der Waals surface area contributed by atoms with Crippen LogP contribution in [0.1, 0.15) is 20.3 Å². The summed E-state index contributed by atoms with van der Waals surface area (Å²) >= 11 is 0. The van der Waals surface area contributed by atoms with Gasteiger partial charge in [0.15, 0.2) is 5.96 Å². The molecule has 3 heteroatoms. The highest BCUT2D eigenvalue weighted by Crippen LogP contribution is 2.20. The third-order valence-corrected chi connectivity index (χ3v) is 2.09. The van der Waals surface area contributed by atoms with Crippen molar-refractivity contribution in [3.8, 4) is 0 Å². The molecule has 3 N–H and O–H groups in total. The number of guanidine groups is 1. The van der Waals surface area contributed by atoms with E-state index in [1.807, 2.05) is 4.90 Å². The lowest BCUT2D eigenvalue weighted by molar-refractivity contribution is 0.404. The minimum absolute atomic E-state index is 0.219. The Kier molecular flexibility index (Phi) is 1.83. The molecule has 0 bridgehead atoms. The molecule has 1 aliphatic rings. The van der Waals surface area contributed by atoms with Gasteiger partial charge in [0.1, 0.15) is 0 Å². The van der Waals surface area contributed by atoms with Crippen molar-refractivity contribution in [2.45, 2.75) is 26.3 Å². The Morgan fingerprint density at radius 2 is 2.20 bits per heavy atom. The van der Waals surface area contributed by atoms with E-state index in [4.69, 9.17) is 11.1 Å². The third kappa shape index (κ3) is 1.23. The van der Waals surface area contributed by atoms with E-state index in [-0.39, 0.29) is 5.96 Å². The Morgan fingerprint density at radius 3 is 2.40 bits per heavy atom. The van der Waals surface area contributed by atoms with Gasteiger partial charge in [-0.25, -0.2) is 0 Å². The number of nitrogens with one attached hydrogen (secondary N) is 1. The first-order valence-electron chi connectivity index (χ1n) is 3.72. The molecule has 0 amide bonds. The van der Waals surface area contributed by atoms with Crippen molar-refractivity contribution >= 4 is 5.96 Å². The molecule has 0 aliphatic carbocycles. The zero-order valence-corrected chi connectivity index (χ0v) is 6.59. The van der Waals surface area contributed by atoms with Crippen LogP contribution in [0.5, 0.6) is 0 Å². The van der Waals surface area contributed by atoms with Gasteiger partial charge in [0, 0.05) is 12.6 Å². The monoisotopic (exact) mass is 141 g/mol. The van der Waals surface area contributed by atoms with Crippen LogP contribution in [0.15, 0.2) is 0 Å². The molecule has 1 fully saturated rings. The van der Waals surface area contributed by atoms with E-state index in [9.17, 15) is 0 Å². The number of rotatable bonds is 0. The summed E-state index contributed by atoms with van der Waals surface area (Å²) in [5, 5.41) is 7.22. The summed E-state index contributed by atoms with van der Waals surface area (Å²) in [6, 6.07) is 0.465. The van der Waals surface area contributed by atoms with Crippen molar-refractivity contribution in [1.29, 1.82) is 5.41 Å². The Morgan fingerprint density at radius 1 is 1.60 bits per heavy atom. The molecule has 58 valence electrons. The van der Waals surface area contributed by atoms with E-state index in [1.165, 1.54) is 6.42 Å². The van der Waals surface area contributed by atoms with Gasteiger partial charge in [0.2, 0.25) is 0 Å². The van der Waals surface area contributed by atoms with Crippen molar-refractivity contribution in [3.05, 3.63) is 0 Å². The fraction of sp³-hybridized carbons (Fsp3) is 0.857. The summed E-state index contributed by atoms with van der Waals surface area (Å²) in [4.78, 5) is 1.95. The van der Waals surface area contributed by atoms with Gasteiger partial charge in [-0.3, -0.25) is 5.41 Å². The van der Waals surface area contributed by atoms with Gasteiger partial charge in [-0.2, -0.15) is 0 Å². The molecule has 0 spiro atoms. The second-order valence-electron chi connectivity index (χ2n) is 3.23. The van der Waals surface area contributed by atoms with Crippen LogP contribution in [0.3, 0.4) is 0 Å². The number of hydrogen-bond donors (Lipinski definition) is 2. The van der Waals surface area contributed by atoms with Crippen LogP contribution in [0, 0.1) is 11.3 Å². The molecule has 0 aromatic carbocycles. The van der Waals surface area contributed by atoms with Gasteiger partial charge in [0.05, 0.1) is 0 Å². The highest BCUT2D eigenvalue weighted by atomic mass is 15.3. The topological polar surface area (TPSA) is 53.1 Å². The fourth-order valence-electron chi connectivity index (χ4n) is 1.64. The standard InChI is InChI=1S/C7H15N3/c1-5-3-6(2)10(4-5)7(8)9/h5-6H,3-4H2,1-2H3,(H3,8,9). The molecule has 1 heterocycles. The first-order valence-corrected chi connectivity index (χ1v) is 3.72. The molecule has 0 aromatic rings. The summed E-state index contributed by atoms with van der Waals surface area (Å²) < 4.78 is 0. The van der Waals surface area contributed by atoms with Gasteiger partial charge in [-0.05, 0) is 19.3 Å². The Balaban J connectivity index is 2.54. The lowest BCUT2D eigenvalue weighted by Gasteiger charge is -2.20. The van der Waals surface area contributed by atoms with E-state index in [2.05, 4.69) is 13.8 Å². The predicted molar refractivity (Wildman–Crippen MR) is 41.9 cm³/mol. The summed E-state index contributed by atoms with van der Waals surface area (Å²) in [5.41, 5.74) is 5.36. The highest BCUT2D eigenvalue weighted by molar-refractivity contribution is 5.75. The van der Waals surface area contributed by atoms with Crippen molar-refractivity contribution in [2.75, 3.05) is 6.54 Å². The normalized spacial score (nSPS) is 32.8. The van der Waals surface area contributed by atoms with Gasteiger partial charge >= 0.3 is 0 Å². The van der Waals surface area contributed by atoms with Crippen LogP contribution >= 0.6 is 0 Å².